The fraction of sp³-hybridized carbons (Fsp3) is 0.222. The third-order valence-electron chi connectivity index (χ3n) is 3.79. The summed E-state index contributed by atoms with van der Waals surface area (Å²) in [6.07, 6.45) is 3.82. The van der Waals surface area contributed by atoms with Crippen LogP contribution in [0.2, 0.25) is 0 Å². The second kappa shape index (κ2) is 5.76. The zero-order valence-electron chi connectivity index (χ0n) is 13.8. The molecule has 118 valence electrons. The van der Waals surface area contributed by atoms with Crippen LogP contribution in [-0.4, -0.2) is 29.7 Å². The van der Waals surface area contributed by atoms with Crippen molar-refractivity contribution in [1.82, 2.24) is 9.47 Å². The molecular weight excluding hydrogens is 290 g/mol. The molecule has 0 aliphatic carbocycles. The monoisotopic (exact) mass is 310 g/mol. The van der Waals surface area contributed by atoms with Crippen LogP contribution in [0.5, 0.6) is 5.75 Å². The molecular formula is C18H20N3O2+. The second-order valence-electron chi connectivity index (χ2n) is 5.83. The molecule has 5 nitrogen and oxygen atoms in total. The Morgan fingerprint density at radius 1 is 1.09 bits per heavy atom. The molecule has 5 heteroatoms. The summed E-state index contributed by atoms with van der Waals surface area (Å²) >= 11 is 0. The number of fused-ring (bicyclic) bond motifs is 1. The molecule has 1 amide bonds. The maximum atomic E-state index is 11.6. The minimum atomic E-state index is -0.381. The lowest BCUT2D eigenvalue weighted by molar-refractivity contribution is -0.510. The van der Waals surface area contributed by atoms with Crippen molar-refractivity contribution < 1.29 is 13.9 Å². The Morgan fingerprint density at radius 2 is 1.78 bits per heavy atom. The number of aromatic nitrogens is 2. The van der Waals surface area contributed by atoms with Crippen LogP contribution < -0.4 is 9.14 Å². The van der Waals surface area contributed by atoms with Crippen LogP contribution in [0.25, 0.3) is 16.9 Å². The van der Waals surface area contributed by atoms with E-state index in [-0.39, 0.29) is 6.09 Å². The number of hydrogen-bond donors (Lipinski definition) is 0. The van der Waals surface area contributed by atoms with E-state index < -0.39 is 0 Å². The molecule has 0 N–H and O–H groups in total. The molecule has 23 heavy (non-hydrogen) atoms. The van der Waals surface area contributed by atoms with Gasteiger partial charge in [0.15, 0.2) is 5.69 Å². The molecule has 0 bridgehead atoms. The van der Waals surface area contributed by atoms with Crippen molar-refractivity contribution in [3.05, 3.63) is 54.4 Å². The Bertz CT molecular complexity index is 864. The number of nitrogens with zero attached hydrogens (tertiary/aromatic N) is 3. The average molecular weight is 310 g/mol. The lowest BCUT2D eigenvalue weighted by Gasteiger charge is -2.10. The summed E-state index contributed by atoms with van der Waals surface area (Å²) in [5.74, 6) is 0.537. The van der Waals surface area contributed by atoms with Crippen molar-refractivity contribution in [3.8, 4) is 17.0 Å². The van der Waals surface area contributed by atoms with Gasteiger partial charge in [0.25, 0.3) is 5.65 Å². The van der Waals surface area contributed by atoms with Gasteiger partial charge in [0.1, 0.15) is 11.9 Å². The highest BCUT2D eigenvalue weighted by atomic mass is 16.6. The summed E-state index contributed by atoms with van der Waals surface area (Å²) < 4.78 is 9.50. The number of ether oxygens (including phenoxy) is 1. The first-order valence-electron chi connectivity index (χ1n) is 7.42. The van der Waals surface area contributed by atoms with Gasteiger partial charge < -0.3 is 9.64 Å². The van der Waals surface area contributed by atoms with Crippen LogP contribution >= 0.6 is 0 Å². The number of amides is 1. The molecule has 0 saturated carbocycles. The maximum absolute atomic E-state index is 11.6. The summed E-state index contributed by atoms with van der Waals surface area (Å²) in [4.78, 5) is 13.0. The normalized spacial score (nSPS) is 10.8. The number of aryl methyl sites for hydroxylation is 2. The molecule has 0 spiro atoms. The first-order valence-corrected chi connectivity index (χ1v) is 7.42. The van der Waals surface area contributed by atoms with Gasteiger partial charge in [0, 0.05) is 25.7 Å². The zero-order chi connectivity index (χ0) is 16.6. The van der Waals surface area contributed by atoms with Gasteiger partial charge in [-0.25, -0.2) is 13.8 Å². The van der Waals surface area contributed by atoms with Gasteiger partial charge >= 0.3 is 6.09 Å². The fourth-order valence-corrected chi connectivity index (χ4v) is 2.50. The minimum absolute atomic E-state index is 0.381. The summed E-state index contributed by atoms with van der Waals surface area (Å²) in [5, 5.41) is 0. The Kier molecular flexibility index (Phi) is 3.78. The van der Waals surface area contributed by atoms with Crippen LogP contribution in [0, 0.1) is 6.92 Å². The van der Waals surface area contributed by atoms with Gasteiger partial charge in [-0.3, -0.25) is 0 Å². The zero-order valence-corrected chi connectivity index (χ0v) is 13.8. The van der Waals surface area contributed by atoms with Gasteiger partial charge in [0.2, 0.25) is 0 Å². The van der Waals surface area contributed by atoms with E-state index in [0.29, 0.717) is 5.75 Å². The Balaban J connectivity index is 1.93. The SMILES string of the molecule is Cc1ccc2n(C)c(-c3ccc(OC(=O)N(C)C)cc3)c[n+]2c1. The quantitative estimate of drug-likeness (QED) is 0.683. The number of hydrogen-bond acceptors (Lipinski definition) is 2. The van der Waals surface area contributed by atoms with Crippen molar-refractivity contribution in [3.63, 3.8) is 0 Å². The number of imidazole rings is 1. The topological polar surface area (TPSA) is 38.6 Å². The highest BCUT2D eigenvalue weighted by Gasteiger charge is 2.16. The molecule has 0 atom stereocenters. The Morgan fingerprint density at radius 3 is 2.43 bits per heavy atom. The molecule has 0 radical (unpaired) electrons. The highest BCUT2D eigenvalue weighted by Crippen LogP contribution is 2.23. The molecule has 0 fully saturated rings. The summed E-state index contributed by atoms with van der Waals surface area (Å²) in [6.45, 7) is 2.08. The van der Waals surface area contributed by atoms with Gasteiger partial charge in [-0.1, -0.05) is 0 Å². The molecule has 2 aromatic heterocycles. The van der Waals surface area contributed by atoms with Crippen LogP contribution in [0.4, 0.5) is 4.79 Å². The van der Waals surface area contributed by atoms with E-state index in [4.69, 9.17) is 4.74 Å². The lowest BCUT2D eigenvalue weighted by atomic mass is 10.1. The van der Waals surface area contributed by atoms with Crippen molar-refractivity contribution in [2.24, 2.45) is 7.05 Å². The number of carbonyl (C=O) groups is 1. The van der Waals surface area contributed by atoms with Crippen LogP contribution in [0.1, 0.15) is 5.56 Å². The maximum Gasteiger partial charge on any atom is 0.414 e. The third kappa shape index (κ3) is 2.90. The first-order chi connectivity index (χ1) is 11.0. The average Bonchev–Trinajstić information content (AvgIpc) is 2.84. The molecule has 0 aliphatic rings. The molecule has 3 aromatic rings. The standard InChI is InChI=1S/C18H20N3O2/c1-13-5-10-17-20(4)16(12-21(17)11-13)14-6-8-15(9-7-14)23-18(22)19(2)3/h5-12H,1-4H3/q+1. The van der Waals surface area contributed by atoms with Crippen LogP contribution in [0.15, 0.2) is 48.8 Å². The minimum Gasteiger partial charge on any atom is -0.410 e. The van der Waals surface area contributed by atoms with Gasteiger partial charge in [0.05, 0.1) is 13.2 Å². The summed E-state index contributed by atoms with van der Waals surface area (Å²) in [7, 11) is 5.36. The number of benzene rings is 1. The second-order valence-corrected chi connectivity index (χ2v) is 5.83. The predicted octanol–water partition coefficient (Wildman–Crippen LogP) is 2.80. The molecule has 2 heterocycles. The third-order valence-corrected chi connectivity index (χ3v) is 3.79. The number of rotatable bonds is 2. The molecule has 1 aromatic carbocycles. The molecule has 0 saturated heterocycles. The van der Waals surface area contributed by atoms with E-state index in [2.05, 4.69) is 40.4 Å². The van der Waals surface area contributed by atoms with Gasteiger partial charge in [-0.15, -0.1) is 0 Å². The van der Waals surface area contributed by atoms with Crippen LogP contribution in [0.3, 0.4) is 0 Å². The Labute approximate surface area is 135 Å². The van der Waals surface area contributed by atoms with E-state index in [1.54, 1.807) is 14.1 Å². The molecule has 0 aliphatic heterocycles. The molecule has 0 unspecified atom stereocenters. The predicted molar refractivity (Wildman–Crippen MR) is 88.5 cm³/mol. The van der Waals surface area contributed by atoms with Crippen molar-refractivity contribution in [2.75, 3.05) is 14.1 Å². The lowest BCUT2D eigenvalue weighted by Crippen LogP contribution is -2.25. The van der Waals surface area contributed by atoms with Gasteiger partial charge in [-0.2, -0.15) is 0 Å². The highest BCUT2D eigenvalue weighted by molar-refractivity contribution is 5.70. The summed E-state index contributed by atoms with van der Waals surface area (Å²) in [5.41, 5.74) is 4.50. The smallest absolute Gasteiger partial charge is 0.410 e. The van der Waals surface area contributed by atoms with Gasteiger partial charge in [-0.05, 0) is 42.8 Å². The van der Waals surface area contributed by atoms with E-state index in [0.717, 1.165) is 16.9 Å². The fourth-order valence-electron chi connectivity index (χ4n) is 2.50. The van der Waals surface area contributed by atoms with E-state index in [1.165, 1.54) is 10.5 Å². The Hall–Kier alpha value is -2.82. The molecule has 3 rings (SSSR count). The van der Waals surface area contributed by atoms with Crippen molar-refractivity contribution in [2.45, 2.75) is 6.92 Å². The largest absolute Gasteiger partial charge is 0.414 e. The van der Waals surface area contributed by atoms with Crippen LogP contribution in [-0.2, 0) is 7.05 Å². The van der Waals surface area contributed by atoms with E-state index in [1.807, 2.05) is 31.3 Å². The number of carbonyl (C=O) groups excluding carboxylic acids is 1. The van der Waals surface area contributed by atoms with Crippen molar-refractivity contribution >= 4 is 11.7 Å². The van der Waals surface area contributed by atoms with E-state index in [9.17, 15) is 4.79 Å². The van der Waals surface area contributed by atoms with Crippen molar-refractivity contribution in [1.29, 1.82) is 0 Å². The summed E-state index contributed by atoms with van der Waals surface area (Å²) in [6, 6.07) is 11.7. The first kappa shape index (κ1) is 15.1. The van der Waals surface area contributed by atoms with E-state index >= 15 is 0 Å². The number of pyridine rings is 1.